The molecular formula is C27H45ClO. The van der Waals surface area contributed by atoms with E-state index < -0.39 is 0 Å². The zero-order valence-corrected chi connectivity index (χ0v) is 20.4. The van der Waals surface area contributed by atoms with E-state index in [9.17, 15) is 0 Å². The molecule has 0 aromatic rings. The SMILES string of the molecule is CC(C)CCC[C@@H](C)[C@H]1CC[C@H]2[C@@H]3C[C@@H]4O[C@@]45CC(Cl)CC[C@]5(C)[C@H]3CC[C@]12C. The molecule has 0 aromatic heterocycles. The van der Waals surface area contributed by atoms with Crippen molar-refractivity contribution in [3.63, 3.8) is 0 Å². The van der Waals surface area contributed by atoms with Crippen molar-refractivity contribution in [2.24, 2.45) is 46.3 Å². The van der Waals surface area contributed by atoms with Gasteiger partial charge in [-0.25, -0.2) is 0 Å². The summed E-state index contributed by atoms with van der Waals surface area (Å²) in [6, 6.07) is 0. The number of rotatable bonds is 5. The lowest BCUT2D eigenvalue weighted by molar-refractivity contribution is -0.0996. The van der Waals surface area contributed by atoms with Crippen LogP contribution in [0, 0.1) is 46.3 Å². The van der Waals surface area contributed by atoms with Crippen molar-refractivity contribution in [3.8, 4) is 0 Å². The maximum atomic E-state index is 6.64. The summed E-state index contributed by atoms with van der Waals surface area (Å²) in [6.45, 7) is 12.7. The molecule has 166 valence electrons. The average molecular weight is 421 g/mol. The van der Waals surface area contributed by atoms with Crippen LogP contribution in [0.3, 0.4) is 0 Å². The first kappa shape index (κ1) is 21.1. The molecule has 1 heterocycles. The van der Waals surface area contributed by atoms with Crippen LogP contribution in [0.15, 0.2) is 0 Å². The van der Waals surface area contributed by atoms with E-state index in [2.05, 4.69) is 34.6 Å². The van der Waals surface area contributed by atoms with E-state index in [0.29, 0.717) is 22.3 Å². The zero-order valence-electron chi connectivity index (χ0n) is 19.7. The topological polar surface area (TPSA) is 12.5 Å². The maximum Gasteiger partial charge on any atom is 0.102 e. The molecule has 4 saturated carbocycles. The van der Waals surface area contributed by atoms with Gasteiger partial charge >= 0.3 is 0 Å². The Bertz CT molecular complexity index is 632. The molecule has 0 radical (unpaired) electrons. The highest BCUT2D eigenvalue weighted by atomic mass is 35.5. The van der Waals surface area contributed by atoms with Crippen molar-refractivity contribution in [2.75, 3.05) is 0 Å². The lowest BCUT2D eigenvalue weighted by atomic mass is 9.44. The van der Waals surface area contributed by atoms with E-state index in [1.54, 1.807) is 0 Å². The first-order chi connectivity index (χ1) is 13.7. The van der Waals surface area contributed by atoms with Crippen LogP contribution in [-0.2, 0) is 4.74 Å². The fourth-order valence-corrected chi connectivity index (χ4v) is 9.99. The summed E-state index contributed by atoms with van der Waals surface area (Å²) in [5.41, 5.74) is 1.15. The molecule has 0 bridgehead atoms. The van der Waals surface area contributed by atoms with Gasteiger partial charge in [0.05, 0.1) is 6.10 Å². The Morgan fingerprint density at radius 2 is 1.76 bits per heavy atom. The number of alkyl halides is 1. The van der Waals surface area contributed by atoms with Crippen LogP contribution < -0.4 is 0 Å². The summed E-state index contributed by atoms with van der Waals surface area (Å²) in [6.07, 6.45) is 15.7. The minimum absolute atomic E-state index is 0.161. The molecule has 10 atom stereocenters. The second kappa shape index (κ2) is 7.13. The molecule has 5 fully saturated rings. The van der Waals surface area contributed by atoms with Crippen LogP contribution in [0.4, 0.5) is 0 Å². The second-order valence-electron chi connectivity index (χ2n) is 12.9. The molecule has 1 saturated heterocycles. The van der Waals surface area contributed by atoms with Gasteiger partial charge in [0.1, 0.15) is 5.60 Å². The number of hydrogen-bond acceptors (Lipinski definition) is 1. The largest absolute Gasteiger partial charge is 0.365 e. The molecule has 4 aliphatic carbocycles. The molecule has 1 spiro atoms. The summed E-state index contributed by atoms with van der Waals surface area (Å²) in [4.78, 5) is 0. The van der Waals surface area contributed by atoms with E-state index in [1.807, 2.05) is 0 Å². The highest BCUT2D eigenvalue weighted by Crippen LogP contribution is 2.74. The van der Waals surface area contributed by atoms with Gasteiger partial charge in [0.2, 0.25) is 0 Å². The highest BCUT2D eigenvalue weighted by molar-refractivity contribution is 6.20. The Morgan fingerprint density at radius 1 is 0.966 bits per heavy atom. The molecule has 5 rings (SSSR count). The number of hydrogen-bond donors (Lipinski definition) is 0. The van der Waals surface area contributed by atoms with Crippen LogP contribution in [-0.4, -0.2) is 17.1 Å². The van der Waals surface area contributed by atoms with Gasteiger partial charge in [-0.05, 0) is 92.3 Å². The van der Waals surface area contributed by atoms with Gasteiger partial charge in [-0.1, -0.05) is 53.9 Å². The second-order valence-corrected chi connectivity index (χ2v) is 13.5. The molecule has 1 aliphatic heterocycles. The summed E-state index contributed by atoms with van der Waals surface area (Å²) in [7, 11) is 0. The predicted molar refractivity (Wildman–Crippen MR) is 122 cm³/mol. The molecule has 5 aliphatic rings. The number of epoxide rings is 1. The van der Waals surface area contributed by atoms with Gasteiger partial charge in [-0.15, -0.1) is 11.6 Å². The monoisotopic (exact) mass is 420 g/mol. The Kier molecular flexibility index (Phi) is 5.19. The normalized spacial score (nSPS) is 54.3. The van der Waals surface area contributed by atoms with Crippen LogP contribution in [0.25, 0.3) is 0 Å². The van der Waals surface area contributed by atoms with Crippen LogP contribution in [0.2, 0.25) is 0 Å². The lowest BCUT2D eigenvalue weighted by Crippen LogP contribution is -2.58. The fourth-order valence-electron chi connectivity index (χ4n) is 9.65. The van der Waals surface area contributed by atoms with Crippen molar-refractivity contribution in [1.29, 1.82) is 0 Å². The van der Waals surface area contributed by atoms with Crippen LogP contribution >= 0.6 is 11.6 Å². The summed E-state index contributed by atoms with van der Waals surface area (Å²) in [5.74, 6) is 5.47. The van der Waals surface area contributed by atoms with E-state index in [-0.39, 0.29) is 5.60 Å². The molecule has 0 N–H and O–H groups in total. The standard InChI is InChI=1S/C27H45ClO/c1-17(2)7-6-8-18(3)21-9-10-22-20-15-24-27(29-24)16-19(28)11-14-26(27,5)23(20)12-13-25(21,22)4/h17-24H,6-16H2,1-5H3/t18-,19?,20+,21-,22+,23+,24+,25-,26-,27+/m1/s1. The number of fused-ring (bicyclic) bond motifs is 4. The van der Waals surface area contributed by atoms with Crippen molar-refractivity contribution in [2.45, 2.75) is 122 Å². The Hall–Kier alpha value is 0.250. The first-order valence-electron chi connectivity index (χ1n) is 13.0. The van der Waals surface area contributed by atoms with E-state index in [1.165, 1.54) is 64.2 Å². The molecule has 1 nitrogen and oxygen atoms in total. The Labute approximate surface area is 185 Å². The molecule has 1 unspecified atom stereocenters. The van der Waals surface area contributed by atoms with Gasteiger partial charge < -0.3 is 4.74 Å². The summed E-state index contributed by atoms with van der Waals surface area (Å²) < 4.78 is 6.58. The zero-order chi connectivity index (χ0) is 20.6. The van der Waals surface area contributed by atoms with Gasteiger partial charge in [0, 0.05) is 10.8 Å². The van der Waals surface area contributed by atoms with E-state index >= 15 is 0 Å². The minimum atomic E-state index is 0.161. The smallest absolute Gasteiger partial charge is 0.102 e. The molecule has 0 amide bonds. The summed E-state index contributed by atoms with van der Waals surface area (Å²) >= 11 is 6.64. The third-order valence-electron chi connectivity index (χ3n) is 11.2. The predicted octanol–water partition coefficient (Wildman–Crippen LogP) is 7.85. The van der Waals surface area contributed by atoms with Crippen molar-refractivity contribution in [3.05, 3.63) is 0 Å². The van der Waals surface area contributed by atoms with Crippen LogP contribution in [0.5, 0.6) is 0 Å². The number of halogens is 1. The van der Waals surface area contributed by atoms with Crippen molar-refractivity contribution in [1.82, 2.24) is 0 Å². The number of ether oxygens (including phenoxy) is 1. The van der Waals surface area contributed by atoms with Gasteiger partial charge in [0.15, 0.2) is 0 Å². The molecule has 2 heteroatoms. The third kappa shape index (κ3) is 3.02. The van der Waals surface area contributed by atoms with Gasteiger partial charge in [0.25, 0.3) is 0 Å². The molecule has 29 heavy (non-hydrogen) atoms. The third-order valence-corrected chi connectivity index (χ3v) is 11.6. The van der Waals surface area contributed by atoms with E-state index in [4.69, 9.17) is 16.3 Å². The van der Waals surface area contributed by atoms with Crippen molar-refractivity contribution >= 4 is 11.6 Å². The Balaban J connectivity index is 1.33. The maximum absolute atomic E-state index is 6.64. The van der Waals surface area contributed by atoms with E-state index in [0.717, 1.165) is 41.9 Å². The minimum Gasteiger partial charge on any atom is -0.365 e. The average Bonchev–Trinajstić information content (AvgIpc) is 3.22. The van der Waals surface area contributed by atoms with Gasteiger partial charge in [-0.3, -0.25) is 0 Å². The first-order valence-corrected chi connectivity index (χ1v) is 13.5. The molecule has 0 aromatic carbocycles. The van der Waals surface area contributed by atoms with Crippen LogP contribution in [0.1, 0.15) is 105 Å². The van der Waals surface area contributed by atoms with Crippen molar-refractivity contribution < 1.29 is 4.74 Å². The quantitative estimate of drug-likeness (QED) is 0.325. The Morgan fingerprint density at radius 3 is 2.52 bits per heavy atom. The highest BCUT2D eigenvalue weighted by Gasteiger charge is 2.75. The summed E-state index contributed by atoms with van der Waals surface area (Å²) in [5, 5.41) is 0.348. The fraction of sp³-hybridized carbons (Fsp3) is 1.00. The lowest BCUT2D eigenvalue weighted by Gasteiger charge is -2.59. The molecular weight excluding hydrogens is 376 g/mol. The van der Waals surface area contributed by atoms with Gasteiger partial charge in [-0.2, -0.15) is 0 Å².